The van der Waals surface area contributed by atoms with Gasteiger partial charge in [0, 0.05) is 40.0 Å². The summed E-state index contributed by atoms with van der Waals surface area (Å²) in [6, 6.07) is 0. The summed E-state index contributed by atoms with van der Waals surface area (Å²) in [6.07, 6.45) is 3.82. The van der Waals surface area contributed by atoms with Crippen LogP contribution in [0.4, 0.5) is 0 Å². The van der Waals surface area contributed by atoms with Crippen molar-refractivity contribution in [2.45, 2.75) is 39.2 Å². The summed E-state index contributed by atoms with van der Waals surface area (Å²) in [5.74, 6) is 2.61. The minimum absolute atomic E-state index is 0.411. The molecule has 0 saturated heterocycles. The Labute approximate surface area is 104 Å². The molecule has 5 nitrogen and oxygen atoms in total. The maximum absolute atomic E-state index is 4.28. The molecule has 0 fully saturated rings. The lowest BCUT2D eigenvalue weighted by atomic mass is 10.0. The molecule has 0 radical (unpaired) electrons. The van der Waals surface area contributed by atoms with E-state index in [1.165, 1.54) is 0 Å². The molecule has 0 aromatic carbocycles. The molecule has 1 rings (SSSR count). The van der Waals surface area contributed by atoms with Gasteiger partial charge in [-0.3, -0.25) is 4.99 Å². The topological polar surface area (TPSA) is 46.3 Å². The van der Waals surface area contributed by atoms with Gasteiger partial charge in [-0.05, 0) is 13.3 Å². The molecule has 0 aliphatic heterocycles. The third kappa shape index (κ3) is 3.54. The highest BCUT2D eigenvalue weighted by Gasteiger charge is 2.13. The standard InChI is InChI=1S/C12H23N5/c1-6-17-9-14-15-12(17)10(2)7-8-11(13-3)16(4)5/h9-10H,6-8H2,1-5H3. The van der Waals surface area contributed by atoms with Crippen molar-refractivity contribution in [3.8, 4) is 0 Å². The summed E-state index contributed by atoms with van der Waals surface area (Å²) < 4.78 is 2.10. The van der Waals surface area contributed by atoms with E-state index in [0.717, 1.165) is 31.0 Å². The minimum Gasteiger partial charge on any atom is -0.367 e. The number of nitrogens with zero attached hydrogens (tertiary/aromatic N) is 5. The van der Waals surface area contributed by atoms with Crippen molar-refractivity contribution in [1.82, 2.24) is 19.7 Å². The van der Waals surface area contributed by atoms with E-state index in [0.29, 0.717) is 5.92 Å². The van der Waals surface area contributed by atoms with E-state index in [9.17, 15) is 0 Å². The Kier molecular flexibility index (Phi) is 5.12. The zero-order valence-corrected chi connectivity index (χ0v) is 11.5. The van der Waals surface area contributed by atoms with Gasteiger partial charge in [0.05, 0.1) is 5.84 Å². The number of aryl methyl sites for hydroxylation is 1. The molecule has 17 heavy (non-hydrogen) atoms. The second kappa shape index (κ2) is 6.37. The van der Waals surface area contributed by atoms with Crippen LogP contribution in [0.25, 0.3) is 0 Å². The summed E-state index contributed by atoms with van der Waals surface area (Å²) in [7, 11) is 5.90. The van der Waals surface area contributed by atoms with Gasteiger partial charge >= 0.3 is 0 Å². The first kappa shape index (κ1) is 13.7. The molecule has 0 saturated carbocycles. The highest BCUT2D eigenvalue weighted by molar-refractivity contribution is 5.81. The van der Waals surface area contributed by atoms with E-state index in [4.69, 9.17) is 0 Å². The molecule has 1 aromatic rings. The van der Waals surface area contributed by atoms with Crippen LogP contribution in [0, 0.1) is 0 Å². The second-order valence-electron chi connectivity index (χ2n) is 4.45. The highest BCUT2D eigenvalue weighted by Crippen LogP contribution is 2.18. The molecule has 0 aliphatic carbocycles. The SMILES string of the molecule is CCn1cnnc1C(C)CCC(=NC)N(C)C. The van der Waals surface area contributed by atoms with Crippen LogP contribution in [0.15, 0.2) is 11.3 Å². The molecular formula is C12H23N5. The van der Waals surface area contributed by atoms with Gasteiger partial charge in [-0.15, -0.1) is 10.2 Å². The second-order valence-corrected chi connectivity index (χ2v) is 4.45. The van der Waals surface area contributed by atoms with E-state index in [1.807, 2.05) is 21.1 Å². The fraction of sp³-hybridized carbons (Fsp3) is 0.750. The van der Waals surface area contributed by atoms with Crippen LogP contribution < -0.4 is 0 Å². The first-order valence-electron chi connectivity index (χ1n) is 6.10. The van der Waals surface area contributed by atoms with Gasteiger partial charge in [-0.25, -0.2) is 0 Å². The molecule has 1 atom stereocenters. The number of rotatable bonds is 5. The van der Waals surface area contributed by atoms with Gasteiger partial charge in [-0.2, -0.15) is 0 Å². The number of aliphatic imine (C=N–C) groups is 1. The lowest BCUT2D eigenvalue weighted by molar-refractivity contribution is 0.557. The Morgan fingerprint density at radius 3 is 2.76 bits per heavy atom. The van der Waals surface area contributed by atoms with Crippen molar-refractivity contribution in [2.24, 2.45) is 4.99 Å². The third-order valence-corrected chi connectivity index (χ3v) is 3.00. The van der Waals surface area contributed by atoms with Crippen molar-refractivity contribution >= 4 is 5.84 Å². The average molecular weight is 237 g/mol. The summed E-state index contributed by atoms with van der Waals surface area (Å²) in [4.78, 5) is 6.35. The lowest BCUT2D eigenvalue weighted by Crippen LogP contribution is -2.22. The maximum Gasteiger partial charge on any atom is 0.135 e. The maximum atomic E-state index is 4.28. The summed E-state index contributed by atoms with van der Waals surface area (Å²) >= 11 is 0. The van der Waals surface area contributed by atoms with Gasteiger partial charge in [0.1, 0.15) is 12.2 Å². The van der Waals surface area contributed by atoms with Gasteiger partial charge in [0.15, 0.2) is 0 Å². The van der Waals surface area contributed by atoms with Crippen LogP contribution in [0.3, 0.4) is 0 Å². The van der Waals surface area contributed by atoms with Gasteiger partial charge in [0.2, 0.25) is 0 Å². The van der Waals surface area contributed by atoms with E-state index in [1.54, 1.807) is 6.33 Å². The fourth-order valence-corrected chi connectivity index (χ4v) is 1.90. The lowest BCUT2D eigenvalue weighted by Gasteiger charge is -2.17. The fourth-order valence-electron chi connectivity index (χ4n) is 1.90. The van der Waals surface area contributed by atoms with Crippen LogP contribution in [0.2, 0.25) is 0 Å². The van der Waals surface area contributed by atoms with Crippen molar-refractivity contribution in [3.63, 3.8) is 0 Å². The van der Waals surface area contributed by atoms with Crippen LogP contribution >= 0.6 is 0 Å². The predicted octanol–water partition coefficient (Wildman–Crippen LogP) is 1.77. The minimum atomic E-state index is 0.411. The summed E-state index contributed by atoms with van der Waals surface area (Å²) in [5, 5.41) is 8.16. The smallest absolute Gasteiger partial charge is 0.135 e. The molecule has 0 amide bonds. The summed E-state index contributed by atoms with van der Waals surface area (Å²) in [5.41, 5.74) is 0. The van der Waals surface area contributed by atoms with Crippen LogP contribution in [-0.4, -0.2) is 46.6 Å². The van der Waals surface area contributed by atoms with Crippen LogP contribution in [-0.2, 0) is 6.54 Å². The zero-order chi connectivity index (χ0) is 12.8. The first-order chi connectivity index (χ1) is 8.10. The van der Waals surface area contributed by atoms with Crippen LogP contribution in [0.5, 0.6) is 0 Å². The van der Waals surface area contributed by atoms with Gasteiger partial charge in [0.25, 0.3) is 0 Å². The number of hydrogen-bond acceptors (Lipinski definition) is 3. The monoisotopic (exact) mass is 237 g/mol. The number of hydrogen-bond donors (Lipinski definition) is 0. The molecular weight excluding hydrogens is 214 g/mol. The van der Waals surface area contributed by atoms with Crippen molar-refractivity contribution in [2.75, 3.05) is 21.1 Å². The number of amidine groups is 1. The molecule has 1 heterocycles. The van der Waals surface area contributed by atoms with Gasteiger partial charge < -0.3 is 9.47 Å². The summed E-state index contributed by atoms with van der Waals surface area (Å²) in [6.45, 7) is 5.23. The Bertz CT molecular complexity index is 367. The molecule has 0 N–H and O–H groups in total. The van der Waals surface area contributed by atoms with E-state index in [2.05, 4.69) is 38.5 Å². The van der Waals surface area contributed by atoms with Crippen LogP contribution in [0.1, 0.15) is 38.4 Å². The van der Waals surface area contributed by atoms with E-state index < -0.39 is 0 Å². The Balaban J connectivity index is 2.58. The molecule has 0 bridgehead atoms. The van der Waals surface area contributed by atoms with Crippen molar-refractivity contribution < 1.29 is 0 Å². The quantitative estimate of drug-likeness (QED) is 0.579. The first-order valence-corrected chi connectivity index (χ1v) is 6.10. The predicted molar refractivity (Wildman–Crippen MR) is 70.4 cm³/mol. The third-order valence-electron chi connectivity index (χ3n) is 3.00. The number of aromatic nitrogens is 3. The zero-order valence-electron chi connectivity index (χ0n) is 11.5. The Morgan fingerprint density at radius 1 is 1.53 bits per heavy atom. The van der Waals surface area contributed by atoms with Crippen molar-refractivity contribution in [1.29, 1.82) is 0 Å². The van der Waals surface area contributed by atoms with E-state index in [-0.39, 0.29) is 0 Å². The van der Waals surface area contributed by atoms with Crippen molar-refractivity contribution in [3.05, 3.63) is 12.2 Å². The molecule has 1 unspecified atom stereocenters. The Hall–Kier alpha value is -1.39. The average Bonchev–Trinajstić information content (AvgIpc) is 2.77. The highest BCUT2D eigenvalue weighted by atomic mass is 15.3. The molecule has 5 heteroatoms. The van der Waals surface area contributed by atoms with Gasteiger partial charge in [-0.1, -0.05) is 6.92 Å². The van der Waals surface area contributed by atoms with E-state index >= 15 is 0 Å². The largest absolute Gasteiger partial charge is 0.367 e. The molecule has 96 valence electrons. The Morgan fingerprint density at radius 2 is 2.24 bits per heavy atom. The molecule has 0 spiro atoms. The molecule has 1 aromatic heterocycles. The molecule has 0 aliphatic rings. The normalized spacial score (nSPS) is 13.8.